The number of nitrogens with one attached hydrogen (secondary N) is 1. The molecule has 2 rings (SSSR count). The van der Waals surface area contributed by atoms with Crippen LogP contribution in [0.5, 0.6) is 0 Å². The summed E-state index contributed by atoms with van der Waals surface area (Å²) in [5.41, 5.74) is 0.775. The Bertz CT molecular complexity index is 604. The second-order valence-electron chi connectivity index (χ2n) is 5.04. The van der Waals surface area contributed by atoms with Crippen LogP contribution in [0.15, 0.2) is 0 Å². The molecule has 1 N–H and O–H groups in total. The van der Waals surface area contributed by atoms with E-state index in [9.17, 15) is 13.2 Å². The first-order valence-corrected chi connectivity index (χ1v) is 9.59. The molecule has 118 valence electrons. The minimum absolute atomic E-state index is 0.0437. The summed E-state index contributed by atoms with van der Waals surface area (Å²) in [6.45, 7) is 5.15. The molecule has 0 unspecified atom stereocenters. The highest BCUT2D eigenvalue weighted by Gasteiger charge is 2.25. The number of aromatic nitrogens is 1. The molecule has 2 heterocycles. The first-order valence-electron chi connectivity index (χ1n) is 7.16. The van der Waals surface area contributed by atoms with Crippen LogP contribution in [0.3, 0.4) is 0 Å². The summed E-state index contributed by atoms with van der Waals surface area (Å²) < 4.78 is 25.6. The summed E-state index contributed by atoms with van der Waals surface area (Å²) in [6, 6.07) is 0. The van der Waals surface area contributed by atoms with Crippen molar-refractivity contribution in [2.75, 3.05) is 25.4 Å². The van der Waals surface area contributed by atoms with Crippen LogP contribution in [-0.2, 0) is 16.4 Å². The highest BCUT2D eigenvalue weighted by Crippen LogP contribution is 2.18. The fourth-order valence-electron chi connectivity index (χ4n) is 2.36. The molecule has 0 saturated carbocycles. The van der Waals surface area contributed by atoms with Crippen molar-refractivity contribution in [1.82, 2.24) is 14.6 Å². The van der Waals surface area contributed by atoms with Gasteiger partial charge in [-0.1, -0.05) is 6.92 Å². The predicted molar refractivity (Wildman–Crippen MR) is 83.2 cm³/mol. The Morgan fingerprint density at radius 1 is 1.38 bits per heavy atom. The summed E-state index contributed by atoms with van der Waals surface area (Å²) in [5, 5.41) is 3.54. The van der Waals surface area contributed by atoms with Gasteiger partial charge in [-0.3, -0.25) is 4.79 Å². The average molecular weight is 331 g/mol. The second kappa shape index (κ2) is 6.85. The summed E-state index contributed by atoms with van der Waals surface area (Å²) in [4.78, 5) is 17.0. The summed E-state index contributed by atoms with van der Waals surface area (Å²) in [6.07, 6.45) is 2.54. The SMILES string of the molecule is CCc1nc(C)sc1C(=O)NCCS(=O)(=O)N1CCCC1. The number of hydrogen-bond acceptors (Lipinski definition) is 5. The van der Waals surface area contributed by atoms with Crippen LogP contribution in [0.1, 0.15) is 40.1 Å². The van der Waals surface area contributed by atoms with Crippen molar-refractivity contribution in [1.29, 1.82) is 0 Å². The van der Waals surface area contributed by atoms with Crippen LogP contribution in [-0.4, -0.2) is 49.0 Å². The van der Waals surface area contributed by atoms with Gasteiger partial charge in [0.25, 0.3) is 5.91 Å². The van der Waals surface area contributed by atoms with Crippen molar-refractivity contribution in [2.24, 2.45) is 0 Å². The van der Waals surface area contributed by atoms with Crippen LogP contribution >= 0.6 is 11.3 Å². The number of nitrogens with zero attached hydrogens (tertiary/aromatic N) is 2. The van der Waals surface area contributed by atoms with Crippen LogP contribution in [0, 0.1) is 6.92 Å². The molecule has 1 fully saturated rings. The maximum atomic E-state index is 12.1. The second-order valence-corrected chi connectivity index (χ2v) is 8.33. The van der Waals surface area contributed by atoms with E-state index < -0.39 is 10.0 Å². The van der Waals surface area contributed by atoms with E-state index in [2.05, 4.69) is 10.3 Å². The highest BCUT2D eigenvalue weighted by molar-refractivity contribution is 7.89. The van der Waals surface area contributed by atoms with Gasteiger partial charge in [0.2, 0.25) is 10.0 Å². The van der Waals surface area contributed by atoms with Crippen LogP contribution in [0.25, 0.3) is 0 Å². The van der Waals surface area contributed by atoms with Gasteiger partial charge in [0.05, 0.1) is 16.5 Å². The lowest BCUT2D eigenvalue weighted by Crippen LogP contribution is -2.36. The summed E-state index contributed by atoms with van der Waals surface area (Å²) in [7, 11) is -3.24. The smallest absolute Gasteiger partial charge is 0.263 e. The third-order valence-electron chi connectivity index (χ3n) is 3.45. The van der Waals surface area contributed by atoms with E-state index in [1.54, 1.807) is 0 Å². The van der Waals surface area contributed by atoms with Crippen molar-refractivity contribution >= 4 is 27.3 Å². The molecule has 21 heavy (non-hydrogen) atoms. The van der Waals surface area contributed by atoms with Gasteiger partial charge in [0.1, 0.15) is 4.88 Å². The van der Waals surface area contributed by atoms with Gasteiger partial charge in [-0.2, -0.15) is 0 Å². The zero-order chi connectivity index (χ0) is 15.5. The Morgan fingerprint density at radius 3 is 2.67 bits per heavy atom. The molecule has 1 saturated heterocycles. The first-order chi connectivity index (χ1) is 9.94. The number of hydrogen-bond donors (Lipinski definition) is 1. The topological polar surface area (TPSA) is 79.4 Å². The lowest BCUT2D eigenvalue weighted by atomic mass is 10.3. The number of sulfonamides is 1. The van der Waals surface area contributed by atoms with Crippen molar-refractivity contribution in [3.63, 3.8) is 0 Å². The van der Waals surface area contributed by atoms with Gasteiger partial charge in [-0.15, -0.1) is 11.3 Å². The third-order valence-corrected chi connectivity index (χ3v) is 6.33. The lowest BCUT2D eigenvalue weighted by Gasteiger charge is -2.15. The number of carbonyl (C=O) groups excluding carboxylic acids is 1. The number of thiazole rings is 1. The Labute approximate surface area is 129 Å². The molecule has 1 aliphatic rings. The van der Waals surface area contributed by atoms with Crippen molar-refractivity contribution in [2.45, 2.75) is 33.1 Å². The number of amides is 1. The van der Waals surface area contributed by atoms with Gasteiger partial charge in [0.15, 0.2) is 0 Å². The molecule has 1 aliphatic heterocycles. The molecule has 0 aromatic carbocycles. The Kier molecular flexibility index (Phi) is 5.34. The summed E-state index contributed by atoms with van der Waals surface area (Å²) >= 11 is 1.35. The Morgan fingerprint density at radius 2 is 2.05 bits per heavy atom. The van der Waals surface area contributed by atoms with E-state index in [0.717, 1.165) is 23.5 Å². The average Bonchev–Trinajstić information content (AvgIpc) is 3.07. The molecule has 6 nitrogen and oxygen atoms in total. The number of rotatable bonds is 6. The highest BCUT2D eigenvalue weighted by atomic mass is 32.2. The maximum absolute atomic E-state index is 12.1. The molecule has 0 aliphatic carbocycles. The van der Waals surface area contributed by atoms with Gasteiger partial charge in [0, 0.05) is 19.6 Å². The molecule has 1 aromatic heterocycles. The Hall–Kier alpha value is -0.990. The predicted octanol–water partition coefficient (Wildman–Crippen LogP) is 1.17. The molecule has 0 atom stereocenters. The zero-order valence-electron chi connectivity index (χ0n) is 12.4. The third kappa shape index (κ3) is 4.02. The number of aryl methyl sites for hydroxylation is 2. The number of carbonyl (C=O) groups is 1. The molecular formula is C13H21N3O3S2. The molecule has 0 bridgehead atoms. The fourth-order valence-corrected chi connectivity index (χ4v) is 4.71. The molecule has 1 amide bonds. The van der Waals surface area contributed by atoms with E-state index in [1.165, 1.54) is 15.6 Å². The van der Waals surface area contributed by atoms with E-state index >= 15 is 0 Å². The summed E-state index contributed by atoms with van der Waals surface area (Å²) in [5.74, 6) is -0.271. The van der Waals surface area contributed by atoms with Gasteiger partial charge >= 0.3 is 0 Å². The fraction of sp³-hybridized carbons (Fsp3) is 0.692. The molecule has 0 radical (unpaired) electrons. The largest absolute Gasteiger partial charge is 0.350 e. The minimum atomic E-state index is -3.24. The molecular weight excluding hydrogens is 310 g/mol. The van der Waals surface area contributed by atoms with Crippen LogP contribution in [0.4, 0.5) is 0 Å². The maximum Gasteiger partial charge on any atom is 0.263 e. The van der Waals surface area contributed by atoms with Crippen molar-refractivity contribution in [3.05, 3.63) is 15.6 Å². The molecule has 8 heteroatoms. The first kappa shape index (κ1) is 16.4. The lowest BCUT2D eigenvalue weighted by molar-refractivity contribution is 0.0959. The van der Waals surface area contributed by atoms with Crippen LogP contribution in [0.2, 0.25) is 0 Å². The van der Waals surface area contributed by atoms with Crippen molar-refractivity contribution in [3.8, 4) is 0 Å². The van der Waals surface area contributed by atoms with E-state index in [0.29, 0.717) is 24.4 Å². The standard InChI is InChI=1S/C13H21N3O3S2/c1-3-11-12(20-10(2)15-11)13(17)14-6-9-21(18,19)16-7-4-5-8-16/h3-9H2,1-2H3,(H,14,17). The quantitative estimate of drug-likeness (QED) is 0.848. The van der Waals surface area contributed by atoms with Gasteiger partial charge in [-0.25, -0.2) is 17.7 Å². The van der Waals surface area contributed by atoms with E-state index in [4.69, 9.17) is 0 Å². The monoisotopic (exact) mass is 331 g/mol. The van der Waals surface area contributed by atoms with Crippen LogP contribution < -0.4 is 5.32 Å². The Balaban J connectivity index is 1.89. The van der Waals surface area contributed by atoms with Gasteiger partial charge in [-0.05, 0) is 26.2 Å². The molecule has 0 spiro atoms. The molecule has 1 aromatic rings. The zero-order valence-corrected chi connectivity index (χ0v) is 14.0. The normalized spacial score (nSPS) is 16.3. The minimum Gasteiger partial charge on any atom is -0.350 e. The van der Waals surface area contributed by atoms with E-state index in [-0.39, 0.29) is 18.2 Å². The van der Waals surface area contributed by atoms with E-state index in [1.807, 2.05) is 13.8 Å². The van der Waals surface area contributed by atoms with Crippen molar-refractivity contribution < 1.29 is 13.2 Å². The van der Waals surface area contributed by atoms with Gasteiger partial charge < -0.3 is 5.32 Å².